The zero-order valence-electron chi connectivity index (χ0n) is 11.2. The topological polar surface area (TPSA) is 68.9 Å². The van der Waals surface area contributed by atoms with Crippen LogP contribution in [-0.2, 0) is 9.47 Å². The molecule has 0 saturated heterocycles. The van der Waals surface area contributed by atoms with Crippen LogP contribution in [0.4, 0.5) is 0 Å². The van der Waals surface area contributed by atoms with E-state index >= 15 is 0 Å². The Balaban J connectivity index is 3.12. The van der Waals surface area contributed by atoms with Crippen molar-refractivity contribution in [1.29, 1.82) is 0 Å². The Hall–Kier alpha value is -0.810. The number of unbranched alkanes of at least 4 members (excludes halogenated alkanes) is 1. The van der Waals surface area contributed by atoms with E-state index in [0.717, 1.165) is 26.0 Å². The van der Waals surface area contributed by atoms with Gasteiger partial charge in [-0.15, -0.1) is 0 Å². The molecule has 0 bridgehead atoms. The maximum absolute atomic E-state index is 5.61. The summed E-state index contributed by atoms with van der Waals surface area (Å²) in [6, 6.07) is 0. The van der Waals surface area contributed by atoms with E-state index in [4.69, 9.17) is 15.2 Å². The Morgan fingerprint density at radius 1 is 1.06 bits per heavy atom. The Morgan fingerprint density at radius 2 is 1.76 bits per heavy atom. The molecular formula is C12H27N3O2. The molecule has 0 rings (SSSR count). The predicted molar refractivity (Wildman–Crippen MR) is 71.3 cm³/mol. The van der Waals surface area contributed by atoms with Gasteiger partial charge in [-0.25, -0.2) is 0 Å². The quantitative estimate of drug-likeness (QED) is 0.325. The van der Waals surface area contributed by atoms with E-state index in [9.17, 15) is 0 Å². The summed E-state index contributed by atoms with van der Waals surface area (Å²) in [5.41, 5.74) is 5.61. The minimum absolute atomic E-state index is 0.495. The van der Waals surface area contributed by atoms with Crippen LogP contribution in [0.15, 0.2) is 4.99 Å². The molecule has 0 unspecified atom stereocenters. The van der Waals surface area contributed by atoms with Crippen molar-refractivity contribution in [3.8, 4) is 0 Å². The molecule has 0 spiro atoms. The van der Waals surface area contributed by atoms with E-state index in [2.05, 4.69) is 24.2 Å². The lowest BCUT2D eigenvalue weighted by atomic mass is 10.4. The van der Waals surface area contributed by atoms with Gasteiger partial charge in [0, 0.05) is 19.7 Å². The zero-order chi connectivity index (χ0) is 12.8. The Kier molecular flexibility index (Phi) is 12.6. The monoisotopic (exact) mass is 245 g/mol. The van der Waals surface area contributed by atoms with Crippen LogP contribution in [0, 0.1) is 0 Å². The van der Waals surface area contributed by atoms with E-state index in [1.54, 1.807) is 0 Å². The Bertz CT molecular complexity index is 187. The number of nitrogens with zero attached hydrogens (tertiary/aromatic N) is 1. The average Bonchev–Trinajstić information content (AvgIpc) is 2.34. The van der Waals surface area contributed by atoms with Crippen LogP contribution >= 0.6 is 0 Å². The highest BCUT2D eigenvalue weighted by molar-refractivity contribution is 5.77. The third kappa shape index (κ3) is 13.1. The molecule has 0 radical (unpaired) electrons. The van der Waals surface area contributed by atoms with E-state index in [-0.39, 0.29) is 0 Å². The molecule has 5 heteroatoms. The van der Waals surface area contributed by atoms with Crippen LogP contribution in [0.5, 0.6) is 0 Å². The molecule has 0 aromatic carbocycles. The summed E-state index contributed by atoms with van der Waals surface area (Å²) in [6.45, 7) is 8.43. The van der Waals surface area contributed by atoms with Gasteiger partial charge in [0.15, 0.2) is 5.96 Å². The van der Waals surface area contributed by atoms with Gasteiger partial charge >= 0.3 is 0 Å². The van der Waals surface area contributed by atoms with Crippen molar-refractivity contribution in [3.05, 3.63) is 0 Å². The molecule has 0 aliphatic carbocycles. The SMILES string of the molecule is CCCCOCCOCCNC(N)=NCCC. The van der Waals surface area contributed by atoms with Crippen LogP contribution in [0.1, 0.15) is 33.1 Å². The highest BCUT2D eigenvalue weighted by atomic mass is 16.5. The number of rotatable bonds is 11. The fourth-order valence-corrected chi connectivity index (χ4v) is 1.11. The van der Waals surface area contributed by atoms with Gasteiger partial charge in [0.1, 0.15) is 0 Å². The van der Waals surface area contributed by atoms with Crippen LogP contribution < -0.4 is 11.1 Å². The van der Waals surface area contributed by atoms with Gasteiger partial charge in [-0.2, -0.15) is 0 Å². The summed E-state index contributed by atoms with van der Waals surface area (Å²) in [6.07, 6.45) is 3.29. The van der Waals surface area contributed by atoms with Gasteiger partial charge in [-0.1, -0.05) is 20.3 Å². The van der Waals surface area contributed by atoms with Crippen molar-refractivity contribution >= 4 is 5.96 Å². The molecule has 17 heavy (non-hydrogen) atoms. The first-order valence-electron chi connectivity index (χ1n) is 6.50. The summed E-state index contributed by atoms with van der Waals surface area (Å²) in [5, 5.41) is 2.99. The van der Waals surface area contributed by atoms with Gasteiger partial charge in [0.25, 0.3) is 0 Å². The first kappa shape index (κ1) is 16.2. The number of guanidine groups is 1. The van der Waals surface area contributed by atoms with Gasteiger partial charge in [-0.05, 0) is 12.8 Å². The molecule has 0 aromatic heterocycles. The Morgan fingerprint density at radius 3 is 2.41 bits per heavy atom. The maximum atomic E-state index is 5.61. The van der Waals surface area contributed by atoms with E-state index in [1.807, 2.05) is 0 Å². The van der Waals surface area contributed by atoms with Gasteiger partial charge in [-0.3, -0.25) is 4.99 Å². The molecule has 3 N–H and O–H groups in total. The lowest BCUT2D eigenvalue weighted by molar-refractivity contribution is 0.0487. The van der Waals surface area contributed by atoms with Gasteiger partial charge in [0.2, 0.25) is 0 Å². The van der Waals surface area contributed by atoms with Crippen LogP contribution in [0.2, 0.25) is 0 Å². The number of aliphatic imine (C=N–C) groups is 1. The highest BCUT2D eigenvalue weighted by Crippen LogP contribution is 1.87. The lowest BCUT2D eigenvalue weighted by Gasteiger charge is -2.07. The van der Waals surface area contributed by atoms with Crippen molar-refractivity contribution in [3.63, 3.8) is 0 Å². The van der Waals surface area contributed by atoms with Crippen molar-refractivity contribution in [2.45, 2.75) is 33.1 Å². The Labute approximate surface area is 105 Å². The summed E-state index contributed by atoms with van der Waals surface area (Å²) in [7, 11) is 0. The van der Waals surface area contributed by atoms with Crippen LogP contribution in [0.3, 0.4) is 0 Å². The molecule has 0 aliphatic heterocycles. The first-order chi connectivity index (χ1) is 8.31. The predicted octanol–water partition coefficient (Wildman–Crippen LogP) is 1.13. The summed E-state index contributed by atoms with van der Waals surface area (Å²) >= 11 is 0. The molecule has 102 valence electrons. The number of nitrogens with two attached hydrogens (primary N) is 1. The lowest BCUT2D eigenvalue weighted by Crippen LogP contribution is -2.34. The number of hydrogen-bond acceptors (Lipinski definition) is 3. The molecule has 0 atom stereocenters. The van der Waals surface area contributed by atoms with Crippen molar-refractivity contribution in [2.75, 3.05) is 39.5 Å². The van der Waals surface area contributed by atoms with Gasteiger partial charge < -0.3 is 20.5 Å². The van der Waals surface area contributed by atoms with E-state index in [0.29, 0.717) is 32.3 Å². The molecule has 0 fully saturated rings. The van der Waals surface area contributed by atoms with Crippen LogP contribution in [0.25, 0.3) is 0 Å². The van der Waals surface area contributed by atoms with Crippen LogP contribution in [-0.4, -0.2) is 45.5 Å². The molecule has 0 aromatic rings. The fraction of sp³-hybridized carbons (Fsp3) is 0.917. The first-order valence-corrected chi connectivity index (χ1v) is 6.50. The minimum atomic E-state index is 0.495. The second-order valence-corrected chi connectivity index (χ2v) is 3.77. The van der Waals surface area contributed by atoms with E-state index < -0.39 is 0 Å². The number of ether oxygens (including phenoxy) is 2. The average molecular weight is 245 g/mol. The number of nitrogens with one attached hydrogen (secondary N) is 1. The summed E-state index contributed by atoms with van der Waals surface area (Å²) in [5.74, 6) is 0.495. The molecule has 0 heterocycles. The maximum Gasteiger partial charge on any atom is 0.188 e. The minimum Gasteiger partial charge on any atom is -0.379 e. The smallest absolute Gasteiger partial charge is 0.188 e. The fourth-order valence-electron chi connectivity index (χ4n) is 1.11. The number of hydrogen-bond donors (Lipinski definition) is 2. The van der Waals surface area contributed by atoms with Crippen molar-refractivity contribution in [2.24, 2.45) is 10.7 Å². The molecule has 0 aliphatic rings. The summed E-state index contributed by atoms with van der Waals surface area (Å²) in [4.78, 5) is 4.11. The second-order valence-electron chi connectivity index (χ2n) is 3.77. The summed E-state index contributed by atoms with van der Waals surface area (Å²) < 4.78 is 10.7. The highest BCUT2D eigenvalue weighted by Gasteiger charge is 1.92. The van der Waals surface area contributed by atoms with E-state index in [1.165, 1.54) is 6.42 Å². The van der Waals surface area contributed by atoms with Gasteiger partial charge in [0.05, 0.1) is 19.8 Å². The molecule has 0 saturated carbocycles. The third-order valence-electron chi connectivity index (χ3n) is 2.07. The third-order valence-corrected chi connectivity index (χ3v) is 2.07. The second kappa shape index (κ2) is 13.3. The molecule has 5 nitrogen and oxygen atoms in total. The standard InChI is InChI=1S/C12H27N3O2/c1-3-5-8-16-10-11-17-9-7-15-12(13)14-6-4-2/h3-11H2,1-2H3,(H3,13,14,15). The zero-order valence-corrected chi connectivity index (χ0v) is 11.2. The largest absolute Gasteiger partial charge is 0.379 e. The molecule has 0 amide bonds. The molecular weight excluding hydrogens is 218 g/mol. The van der Waals surface area contributed by atoms with Crippen molar-refractivity contribution in [1.82, 2.24) is 5.32 Å². The van der Waals surface area contributed by atoms with Crippen molar-refractivity contribution < 1.29 is 9.47 Å². The normalized spacial score (nSPS) is 11.8.